The SMILES string of the molecule is Cc1ccc(-n2nc(C(=O)N(CCN)CCc3ccccc3)c3c2CCC3)cc1. The zero-order valence-electron chi connectivity index (χ0n) is 17.0. The molecule has 2 N–H and O–H groups in total. The van der Waals surface area contributed by atoms with E-state index in [-0.39, 0.29) is 5.91 Å². The van der Waals surface area contributed by atoms with Gasteiger partial charge in [-0.3, -0.25) is 4.79 Å². The molecule has 1 heterocycles. The van der Waals surface area contributed by atoms with Gasteiger partial charge in [0.15, 0.2) is 5.69 Å². The van der Waals surface area contributed by atoms with Crippen LogP contribution in [0.5, 0.6) is 0 Å². The van der Waals surface area contributed by atoms with E-state index in [4.69, 9.17) is 10.8 Å². The first-order chi connectivity index (χ1) is 14.2. The number of benzene rings is 2. The Balaban J connectivity index is 1.61. The first-order valence-electron chi connectivity index (χ1n) is 10.4. The van der Waals surface area contributed by atoms with Crippen LogP contribution < -0.4 is 5.73 Å². The van der Waals surface area contributed by atoms with Crippen molar-refractivity contribution in [2.24, 2.45) is 5.73 Å². The zero-order valence-corrected chi connectivity index (χ0v) is 17.0. The third kappa shape index (κ3) is 4.10. The number of carbonyl (C=O) groups excluding carboxylic acids is 1. The summed E-state index contributed by atoms with van der Waals surface area (Å²) in [7, 11) is 0. The Hall–Kier alpha value is -2.92. The van der Waals surface area contributed by atoms with Crippen LogP contribution in [0, 0.1) is 6.92 Å². The number of nitrogens with two attached hydrogens (primary N) is 1. The van der Waals surface area contributed by atoms with Crippen molar-refractivity contribution in [3.8, 4) is 5.69 Å². The monoisotopic (exact) mass is 388 g/mol. The van der Waals surface area contributed by atoms with Crippen LogP contribution >= 0.6 is 0 Å². The number of rotatable bonds is 7. The van der Waals surface area contributed by atoms with Crippen molar-refractivity contribution < 1.29 is 4.79 Å². The molecule has 1 aromatic heterocycles. The number of fused-ring (bicyclic) bond motifs is 1. The molecule has 2 aromatic carbocycles. The molecule has 150 valence electrons. The summed E-state index contributed by atoms with van der Waals surface area (Å²) in [5.74, 6) is -0.00427. The van der Waals surface area contributed by atoms with E-state index in [1.54, 1.807) is 0 Å². The summed E-state index contributed by atoms with van der Waals surface area (Å²) in [4.78, 5) is 15.3. The molecule has 0 radical (unpaired) electrons. The minimum Gasteiger partial charge on any atom is -0.336 e. The van der Waals surface area contributed by atoms with Gasteiger partial charge >= 0.3 is 0 Å². The number of aryl methyl sites for hydroxylation is 1. The van der Waals surface area contributed by atoms with Crippen LogP contribution in [0.3, 0.4) is 0 Å². The third-order valence-electron chi connectivity index (χ3n) is 5.61. The minimum atomic E-state index is -0.00427. The smallest absolute Gasteiger partial charge is 0.274 e. The van der Waals surface area contributed by atoms with E-state index in [0.717, 1.165) is 36.9 Å². The molecular weight excluding hydrogens is 360 g/mol. The van der Waals surface area contributed by atoms with Crippen molar-refractivity contribution in [3.63, 3.8) is 0 Å². The minimum absolute atomic E-state index is 0.00427. The van der Waals surface area contributed by atoms with Crippen LogP contribution in [0.4, 0.5) is 0 Å². The van der Waals surface area contributed by atoms with Crippen LogP contribution in [0.25, 0.3) is 5.69 Å². The van der Waals surface area contributed by atoms with Crippen molar-refractivity contribution in [1.82, 2.24) is 14.7 Å². The van der Waals surface area contributed by atoms with Gasteiger partial charge in [-0.25, -0.2) is 4.68 Å². The van der Waals surface area contributed by atoms with Crippen LogP contribution in [-0.2, 0) is 19.3 Å². The zero-order chi connectivity index (χ0) is 20.2. The van der Waals surface area contributed by atoms with Gasteiger partial charge in [-0.1, -0.05) is 48.0 Å². The van der Waals surface area contributed by atoms with E-state index in [0.29, 0.717) is 25.3 Å². The maximum Gasteiger partial charge on any atom is 0.274 e. The van der Waals surface area contributed by atoms with E-state index < -0.39 is 0 Å². The maximum absolute atomic E-state index is 13.4. The van der Waals surface area contributed by atoms with Gasteiger partial charge in [0.2, 0.25) is 0 Å². The molecule has 1 aliphatic rings. The fourth-order valence-corrected chi connectivity index (χ4v) is 4.04. The lowest BCUT2D eigenvalue weighted by Crippen LogP contribution is -2.37. The van der Waals surface area contributed by atoms with Crippen molar-refractivity contribution >= 4 is 5.91 Å². The average molecular weight is 389 g/mol. The van der Waals surface area contributed by atoms with E-state index in [1.165, 1.54) is 16.8 Å². The van der Waals surface area contributed by atoms with E-state index in [9.17, 15) is 4.79 Å². The largest absolute Gasteiger partial charge is 0.336 e. The van der Waals surface area contributed by atoms with E-state index in [2.05, 4.69) is 43.3 Å². The Kier molecular flexibility index (Phi) is 5.76. The lowest BCUT2D eigenvalue weighted by Gasteiger charge is -2.21. The summed E-state index contributed by atoms with van der Waals surface area (Å²) in [6.07, 6.45) is 3.76. The molecule has 0 bridgehead atoms. The predicted octanol–water partition coefficient (Wildman–Crippen LogP) is 3.31. The van der Waals surface area contributed by atoms with E-state index >= 15 is 0 Å². The Bertz CT molecular complexity index is 976. The molecule has 0 spiro atoms. The molecule has 0 unspecified atom stereocenters. The molecule has 0 saturated carbocycles. The Morgan fingerprint density at radius 1 is 1.07 bits per heavy atom. The molecule has 4 rings (SSSR count). The quantitative estimate of drug-likeness (QED) is 0.675. The number of aromatic nitrogens is 2. The van der Waals surface area contributed by atoms with Crippen molar-refractivity contribution in [2.75, 3.05) is 19.6 Å². The maximum atomic E-state index is 13.4. The first kappa shape index (κ1) is 19.4. The lowest BCUT2D eigenvalue weighted by atomic mass is 10.1. The standard InChI is InChI=1S/C24H28N4O/c1-18-10-12-20(13-11-18)28-22-9-5-8-21(22)23(26-28)24(29)27(17-15-25)16-14-19-6-3-2-4-7-19/h2-4,6-7,10-13H,5,8-9,14-17,25H2,1H3. The summed E-state index contributed by atoms with van der Waals surface area (Å²) >= 11 is 0. The highest BCUT2D eigenvalue weighted by atomic mass is 16.2. The van der Waals surface area contributed by atoms with Gasteiger partial charge < -0.3 is 10.6 Å². The molecule has 5 heteroatoms. The Labute approximate surface area is 172 Å². The highest BCUT2D eigenvalue weighted by molar-refractivity contribution is 5.94. The summed E-state index contributed by atoms with van der Waals surface area (Å²) in [5.41, 5.74) is 12.1. The molecule has 0 aliphatic heterocycles. The molecule has 1 amide bonds. The van der Waals surface area contributed by atoms with Gasteiger partial charge in [0, 0.05) is 30.9 Å². The highest BCUT2D eigenvalue weighted by Crippen LogP contribution is 2.28. The molecule has 0 saturated heterocycles. The van der Waals surface area contributed by atoms with Gasteiger partial charge in [-0.15, -0.1) is 0 Å². The number of hydrogen-bond acceptors (Lipinski definition) is 3. The average Bonchev–Trinajstić information content (AvgIpc) is 3.35. The first-order valence-corrected chi connectivity index (χ1v) is 10.4. The molecule has 0 atom stereocenters. The second kappa shape index (κ2) is 8.62. The van der Waals surface area contributed by atoms with Gasteiger partial charge in [-0.05, 0) is 50.3 Å². The lowest BCUT2D eigenvalue weighted by molar-refractivity contribution is 0.0754. The number of nitrogens with zero attached hydrogens (tertiary/aromatic N) is 3. The fourth-order valence-electron chi connectivity index (χ4n) is 4.04. The highest BCUT2D eigenvalue weighted by Gasteiger charge is 2.29. The second-order valence-electron chi connectivity index (χ2n) is 7.69. The number of carbonyl (C=O) groups is 1. The van der Waals surface area contributed by atoms with Gasteiger partial charge in [0.25, 0.3) is 5.91 Å². The van der Waals surface area contributed by atoms with Crippen LogP contribution in [0.15, 0.2) is 54.6 Å². The van der Waals surface area contributed by atoms with Crippen molar-refractivity contribution in [3.05, 3.63) is 82.7 Å². The summed E-state index contributed by atoms with van der Waals surface area (Å²) in [5, 5.41) is 4.77. The van der Waals surface area contributed by atoms with Crippen LogP contribution in [-0.4, -0.2) is 40.2 Å². The topological polar surface area (TPSA) is 64.2 Å². The summed E-state index contributed by atoms with van der Waals surface area (Å²) in [6.45, 7) is 3.70. The predicted molar refractivity (Wildman–Crippen MR) is 115 cm³/mol. The molecule has 3 aromatic rings. The molecule has 29 heavy (non-hydrogen) atoms. The van der Waals surface area contributed by atoms with Crippen LogP contribution in [0.1, 0.15) is 39.3 Å². The van der Waals surface area contributed by atoms with Crippen molar-refractivity contribution in [2.45, 2.75) is 32.6 Å². The molecule has 5 nitrogen and oxygen atoms in total. The molecule has 1 aliphatic carbocycles. The Morgan fingerprint density at radius 2 is 1.83 bits per heavy atom. The van der Waals surface area contributed by atoms with E-state index in [1.807, 2.05) is 27.8 Å². The summed E-state index contributed by atoms with van der Waals surface area (Å²) in [6, 6.07) is 18.6. The normalized spacial score (nSPS) is 12.8. The fraction of sp³-hybridized carbons (Fsp3) is 0.333. The van der Waals surface area contributed by atoms with Crippen molar-refractivity contribution in [1.29, 1.82) is 0 Å². The van der Waals surface area contributed by atoms with Gasteiger partial charge in [0.05, 0.1) is 5.69 Å². The molecular formula is C24H28N4O. The Morgan fingerprint density at radius 3 is 2.55 bits per heavy atom. The summed E-state index contributed by atoms with van der Waals surface area (Å²) < 4.78 is 1.97. The number of amides is 1. The number of hydrogen-bond donors (Lipinski definition) is 1. The third-order valence-corrected chi connectivity index (χ3v) is 5.61. The van der Waals surface area contributed by atoms with Gasteiger partial charge in [0.1, 0.15) is 0 Å². The van der Waals surface area contributed by atoms with Crippen LogP contribution in [0.2, 0.25) is 0 Å². The van der Waals surface area contributed by atoms with Gasteiger partial charge in [-0.2, -0.15) is 5.10 Å². The molecule has 0 fully saturated rings. The second-order valence-corrected chi connectivity index (χ2v) is 7.69.